The zero-order chi connectivity index (χ0) is 20.7. The molecule has 3 heterocycles. The number of aromatic nitrogens is 2. The molecule has 1 aromatic carbocycles. The highest BCUT2D eigenvalue weighted by Crippen LogP contribution is 2.36. The van der Waals surface area contributed by atoms with Crippen LogP contribution in [0.15, 0.2) is 52.7 Å². The fourth-order valence-electron chi connectivity index (χ4n) is 4.14. The van der Waals surface area contributed by atoms with Crippen LogP contribution in [0.1, 0.15) is 43.0 Å². The van der Waals surface area contributed by atoms with Gasteiger partial charge in [-0.05, 0) is 25.0 Å². The highest BCUT2D eigenvalue weighted by atomic mass is 35.5. The van der Waals surface area contributed by atoms with Crippen LogP contribution < -0.4 is 15.4 Å². The number of halogens is 1. The van der Waals surface area contributed by atoms with E-state index in [9.17, 15) is 9.90 Å². The topological polar surface area (TPSA) is 79.8 Å². The van der Waals surface area contributed by atoms with E-state index in [0.29, 0.717) is 31.3 Å². The molecule has 5 rings (SSSR count). The van der Waals surface area contributed by atoms with Crippen LogP contribution in [0.25, 0.3) is 5.57 Å². The molecular weight excluding hydrogens is 420 g/mol. The third-order valence-electron chi connectivity index (χ3n) is 5.57. The van der Waals surface area contributed by atoms with Crippen LogP contribution in [0.4, 0.5) is 5.69 Å². The fourth-order valence-corrected chi connectivity index (χ4v) is 5.45. The van der Waals surface area contributed by atoms with Gasteiger partial charge in [-0.3, -0.25) is 14.3 Å². The Balaban J connectivity index is 1.77. The van der Waals surface area contributed by atoms with Gasteiger partial charge in [-0.1, -0.05) is 60.4 Å². The van der Waals surface area contributed by atoms with Crippen molar-refractivity contribution >= 4 is 40.1 Å². The molecule has 1 N–H and O–H groups in total. The number of benzene rings is 1. The summed E-state index contributed by atoms with van der Waals surface area (Å²) in [6, 6.07) is 9.26. The lowest BCUT2D eigenvalue weighted by Gasteiger charge is -2.23. The Morgan fingerprint density at radius 3 is 2.77 bits per heavy atom. The van der Waals surface area contributed by atoms with Crippen LogP contribution in [-0.4, -0.2) is 20.6 Å². The summed E-state index contributed by atoms with van der Waals surface area (Å²) in [7, 11) is 0. The molecule has 0 bridgehead atoms. The van der Waals surface area contributed by atoms with E-state index in [-0.39, 0.29) is 17.8 Å². The second-order valence-electron chi connectivity index (χ2n) is 7.45. The second kappa shape index (κ2) is 7.81. The standard InChI is InChI=1S/C22H19ClN4O2S/c23-15-12-24-11-10-17(15)26-22-27(13-6-2-1-3-7-13)21(29)19(30-22)18-14-8-4-5-9-16(14)25-20(18)28/h4-5,8-13,29H,1-3,6-7H2. The predicted molar refractivity (Wildman–Crippen MR) is 115 cm³/mol. The largest absolute Gasteiger partial charge is 0.493 e. The molecule has 3 aromatic rings. The molecule has 6 nitrogen and oxygen atoms in total. The minimum absolute atomic E-state index is 0.0751. The number of hydrogen-bond donors (Lipinski definition) is 1. The predicted octanol–water partition coefficient (Wildman–Crippen LogP) is 3.40. The molecule has 0 saturated heterocycles. The van der Waals surface area contributed by atoms with Gasteiger partial charge in [0.15, 0.2) is 4.80 Å². The van der Waals surface area contributed by atoms with Gasteiger partial charge in [0.2, 0.25) is 5.88 Å². The molecule has 1 aliphatic heterocycles. The number of rotatable bonds is 3. The van der Waals surface area contributed by atoms with Crippen molar-refractivity contribution in [1.29, 1.82) is 0 Å². The molecule has 2 aromatic heterocycles. The molecule has 0 radical (unpaired) electrons. The highest BCUT2D eigenvalue weighted by molar-refractivity contribution is 7.11. The lowest BCUT2D eigenvalue weighted by atomic mass is 9.95. The number of aromatic hydroxyl groups is 1. The van der Waals surface area contributed by atoms with E-state index in [0.717, 1.165) is 30.9 Å². The zero-order valence-corrected chi connectivity index (χ0v) is 17.7. The van der Waals surface area contributed by atoms with E-state index in [2.05, 4.69) is 9.98 Å². The van der Waals surface area contributed by atoms with Crippen LogP contribution in [0.3, 0.4) is 0 Å². The van der Waals surface area contributed by atoms with Gasteiger partial charge in [0, 0.05) is 23.7 Å². The van der Waals surface area contributed by atoms with Crippen LogP contribution in [0.5, 0.6) is 5.88 Å². The van der Waals surface area contributed by atoms with Gasteiger partial charge in [-0.2, -0.15) is 0 Å². The Bertz CT molecular complexity index is 1340. The molecule has 30 heavy (non-hydrogen) atoms. The van der Waals surface area contributed by atoms with Gasteiger partial charge in [-0.15, -0.1) is 0 Å². The molecule has 0 spiro atoms. The Morgan fingerprint density at radius 1 is 1.17 bits per heavy atom. The van der Waals surface area contributed by atoms with E-state index in [4.69, 9.17) is 16.6 Å². The maximum absolute atomic E-state index is 12.7. The van der Waals surface area contributed by atoms with Crippen molar-refractivity contribution in [2.45, 2.75) is 38.1 Å². The van der Waals surface area contributed by atoms with Crippen molar-refractivity contribution in [2.24, 2.45) is 9.98 Å². The average molecular weight is 439 g/mol. The molecule has 1 saturated carbocycles. The Morgan fingerprint density at radius 2 is 1.97 bits per heavy atom. The normalized spacial score (nSPS) is 17.3. The average Bonchev–Trinajstić information content (AvgIpc) is 3.25. The number of para-hydroxylation sites is 1. The Hall–Kier alpha value is -2.77. The lowest BCUT2D eigenvalue weighted by Crippen LogP contribution is -2.23. The number of pyridine rings is 1. The van der Waals surface area contributed by atoms with E-state index < -0.39 is 0 Å². The first-order valence-corrected chi connectivity index (χ1v) is 11.1. The number of amides is 1. The first kappa shape index (κ1) is 19.2. The highest BCUT2D eigenvalue weighted by Gasteiger charge is 2.28. The molecule has 2 aliphatic rings. The summed E-state index contributed by atoms with van der Waals surface area (Å²) in [5.74, 6) is -0.261. The number of carbonyl (C=O) groups is 1. The number of carbonyl (C=O) groups excluding carboxylic acids is 1. The minimum atomic E-state index is -0.336. The summed E-state index contributed by atoms with van der Waals surface area (Å²) in [5, 5.41) is 13.1. The van der Waals surface area contributed by atoms with Crippen LogP contribution in [0, 0.1) is 0 Å². The SMILES string of the molecule is O=C1N=c2ccccc2=C1c1sc(=Nc2ccncc2Cl)n(C2CCCCC2)c1O. The number of fused-ring (bicyclic) bond motifs is 1. The summed E-state index contributed by atoms with van der Waals surface area (Å²) in [6.07, 6.45) is 8.51. The zero-order valence-electron chi connectivity index (χ0n) is 16.1. The van der Waals surface area contributed by atoms with Crippen LogP contribution in [0.2, 0.25) is 5.02 Å². The van der Waals surface area contributed by atoms with Gasteiger partial charge in [0.05, 0.1) is 21.6 Å². The summed E-state index contributed by atoms with van der Waals surface area (Å²) in [5.41, 5.74) is 1.01. The number of nitrogens with zero attached hydrogens (tertiary/aromatic N) is 4. The second-order valence-corrected chi connectivity index (χ2v) is 8.83. The molecule has 1 amide bonds. The Kier molecular flexibility index (Phi) is 5.00. The molecule has 1 fully saturated rings. The van der Waals surface area contributed by atoms with E-state index >= 15 is 0 Å². The first-order chi connectivity index (χ1) is 14.6. The van der Waals surface area contributed by atoms with Gasteiger partial charge < -0.3 is 5.11 Å². The third-order valence-corrected chi connectivity index (χ3v) is 6.93. The Labute approximate surface area is 181 Å². The van der Waals surface area contributed by atoms with Crippen molar-refractivity contribution in [3.05, 3.63) is 68.0 Å². The molecule has 152 valence electrons. The molecule has 8 heteroatoms. The van der Waals surface area contributed by atoms with Gasteiger partial charge in [0.1, 0.15) is 4.88 Å². The van der Waals surface area contributed by atoms with Crippen molar-refractivity contribution in [3.63, 3.8) is 0 Å². The van der Waals surface area contributed by atoms with Crippen molar-refractivity contribution in [1.82, 2.24) is 9.55 Å². The summed E-state index contributed by atoms with van der Waals surface area (Å²) >= 11 is 7.58. The van der Waals surface area contributed by atoms with Crippen LogP contribution >= 0.6 is 22.9 Å². The summed E-state index contributed by atoms with van der Waals surface area (Å²) < 4.78 is 1.87. The van der Waals surface area contributed by atoms with Crippen molar-refractivity contribution in [3.8, 4) is 5.88 Å². The first-order valence-electron chi connectivity index (χ1n) is 9.95. The van der Waals surface area contributed by atoms with E-state index in [1.54, 1.807) is 18.5 Å². The molecule has 0 unspecified atom stereocenters. The minimum Gasteiger partial charge on any atom is -0.493 e. The summed E-state index contributed by atoms with van der Waals surface area (Å²) in [6.45, 7) is 0. The maximum atomic E-state index is 12.7. The smallest absolute Gasteiger partial charge is 0.279 e. The number of hydrogen-bond acceptors (Lipinski definition) is 5. The quantitative estimate of drug-likeness (QED) is 0.680. The number of thiazole rings is 1. The molecular formula is C22H19ClN4O2S. The van der Waals surface area contributed by atoms with Crippen molar-refractivity contribution in [2.75, 3.05) is 0 Å². The monoisotopic (exact) mass is 438 g/mol. The van der Waals surface area contributed by atoms with Gasteiger partial charge in [-0.25, -0.2) is 9.98 Å². The lowest BCUT2D eigenvalue weighted by molar-refractivity contribution is -0.112. The third kappa shape index (κ3) is 3.28. The van der Waals surface area contributed by atoms with Gasteiger partial charge in [0.25, 0.3) is 5.91 Å². The van der Waals surface area contributed by atoms with E-state index in [1.165, 1.54) is 17.8 Å². The molecule has 0 atom stereocenters. The maximum Gasteiger partial charge on any atom is 0.279 e. The van der Waals surface area contributed by atoms with Crippen molar-refractivity contribution < 1.29 is 9.90 Å². The molecule has 1 aliphatic carbocycles. The van der Waals surface area contributed by atoms with Crippen LogP contribution in [-0.2, 0) is 4.79 Å². The van der Waals surface area contributed by atoms with E-state index in [1.807, 2.05) is 28.8 Å². The van der Waals surface area contributed by atoms with Gasteiger partial charge >= 0.3 is 0 Å². The fraction of sp³-hybridized carbons (Fsp3) is 0.273. The summed E-state index contributed by atoms with van der Waals surface area (Å²) in [4.78, 5) is 26.7.